The molecule has 0 unspecified atom stereocenters. The molecule has 1 aliphatic carbocycles. The van der Waals surface area contributed by atoms with Crippen LogP contribution in [0.3, 0.4) is 0 Å². The topological polar surface area (TPSA) is 52.1 Å². The van der Waals surface area contributed by atoms with E-state index in [9.17, 15) is 4.79 Å². The van der Waals surface area contributed by atoms with E-state index in [0.717, 1.165) is 23.4 Å². The van der Waals surface area contributed by atoms with E-state index in [1.807, 2.05) is 0 Å². The van der Waals surface area contributed by atoms with Gasteiger partial charge in [-0.2, -0.15) is 0 Å². The van der Waals surface area contributed by atoms with Gasteiger partial charge in [-0.15, -0.1) is 11.3 Å². The fourth-order valence-electron chi connectivity index (χ4n) is 1.67. The smallest absolute Gasteiger partial charge is 0.348 e. The molecule has 0 N–H and O–H groups in total. The molecular formula is C11H9ClN2O2S. The zero-order valence-electron chi connectivity index (χ0n) is 9.07. The number of esters is 1. The minimum Gasteiger partial charge on any atom is -0.465 e. The van der Waals surface area contributed by atoms with E-state index in [4.69, 9.17) is 11.6 Å². The molecule has 0 spiro atoms. The third kappa shape index (κ3) is 1.89. The molecule has 0 bridgehead atoms. The lowest BCUT2D eigenvalue weighted by Gasteiger charge is -1.99. The number of ether oxygens (including phenoxy) is 1. The molecule has 4 nitrogen and oxygen atoms in total. The van der Waals surface area contributed by atoms with Gasteiger partial charge in [0.1, 0.15) is 15.2 Å². The number of rotatable bonds is 2. The maximum absolute atomic E-state index is 11.4. The minimum atomic E-state index is -0.362. The van der Waals surface area contributed by atoms with Gasteiger partial charge in [0.25, 0.3) is 0 Å². The van der Waals surface area contributed by atoms with Crippen molar-refractivity contribution in [3.05, 3.63) is 21.8 Å². The summed E-state index contributed by atoms with van der Waals surface area (Å²) >= 11 is 7.37. The largest absolute Gasteiger partial charge is 0.465 e. The van der Waals surface area contributed by atoms with Crippen molar-refractivity contribution < 1.29 is 9.53 Å². The number of thiophene rings is 1. The number of methoxy groups -OCH3 is 1. The number of aromatic nitrogens is 2. The highest BCUT2D eigenvalue weighted by molar-refractivity contribution is 7.20. The van der Waals surface area contributed by atoms with E-state index in [1.165, 1.54) is 18.4 Å². The van der Waals surface area contributed by atoms with Crippen molar-refractivity contribution in [1.29, 1.82) is 0 Å². The van der Waals surface area contributed by atoms with Gasteiger partial charge in [0.05, 0.1) is 12.8 Å². The van der Waals surface area contributed by atoms with E-state index in [2.05, 4.69) is 14.7 Å². The summed E-state index contributed by atoms with van der Waals surface area (Å²) in [5.74, 6) is 0.0852. The van der Waals surface area contributed by atoms with Gasteiger partial charge in [0, 0.05) is 5.92 Å². The number of hydrogen-bond acceptors (Lipinski definition) is 5. The van der Waals surface area contributed by atoms with Crippen LogP contribution in [0.5, 0.6) is 0 Å². The molecule has 0 saturated heterocycles. The normalized spacial score (nSPS) is 15.2. The Kier molecular flexibility index (Phi) is 2.52. The molecule has 0 aromatic carbocycles. The Morgan fingerprint density at radius 2 is 2.29 bits per heavy atom. The van der Waals surface area contributed by atoms with Gasteiger partial charge >= 0.3 is 5.97 Å². The van der Waals surface area contributed by atoms with Crippen LogP contribution >= 0.6 is 22.9 Å². The van der Waals surface area contributed by atoms with Crippen LogP contribution < -0.4 is 0 Å². The predicted molar refractivity (Wildman–Crippen MR) is 65.7 cm³/mol. The van der Waals surface area contributed by atoms with Gasteiger partial charge in [0.2, 0.25) is 0 Å². The highest BCUT2D eigenvalue weighted by atomic mass is 35.5. The number of hydrogen-bond donors (Lipinski definition) is 0. The molecule has 1 aliphatic rings. The van der Waals surface area contributed by atoms with E-state index < -0.39 is 0 Å². The zero-order valence-corrected chi connectivity index (χ0v) is 10.6. The summed E-state index contributed by atoms with van der Waals surface area (Å²) in [7, 11) is 1.36. The van der Waals surface area contributed by atoms with Crippen molar-refractivity contribution in [2.24, 2.45) is 0 Å². The standard InChI is InChI=1S/C11H9ClN2O2S/c1-16-11(15)7-4-6-10(17-7)14-8(5-2-3-5)9(12)13-6/h4-5H,2-3H2,1H3. The maximum Gasteiger partial charge on any atom is 0.348 e. The van der Waals surface area contributed by atoms with Gasteiger partial charge in [0.15, 0.2) is 5.15 Å². The van der Waals surface area contributed by atoms with Crippen LogP contribution in [0.15, 0.2) is 6.07 Å². The molecule has 1 saturated carbocycles. The summed E-state index contributed by atoms with van der Waals surface area (Å²) in [6, 6.07) is 1.67. The third-order valence-corrected chi connectivity index (χ3v) is 3.97. The Labute approximate surface area is 107 Å². The van der Waals surface area contributed by atoms with Crippen molar-refractivity contribution in [2.75, 3.05) is 7.11 Å². The van der Waals surface area contributed by atoms with Gasteiger partial charge in [-0.3, -0.25) is 0 Å². The number of carbonyl (C=O) groups is 1. The summed E-state index contributed by atoms with van der Waals surface area (Å²) < 4.78 is 4.67. The maximum atomic E-state index is 11.4. The lowest BCUT2D eigenvalue weighted by atomic mass is 10.3. The van der Waals surface area contributed by atoms with Crippen molar-refractivity contribution >= 4 is 39.3 Å². The fourth-order valence-corrected chi connectivity index (χ4v) is 2.85. The van der Waals surface area contributed by atoms with Crippen molar-refractivity contribution in [3.63, 3.8) is 0 Å². The quantitative estimate of drug-likeness (QED) is 0.786. The zero-order chi connectivity index (χ0) is 12.0. The molecule has 0 radical (unpaired) electrons. The number of carbonyl (C=O) groups excluding carboxylic acids is 1. The van der Waals surface area contributed by atoms with E-state index in [1.54, 1.807) is 6.07 Å². The molecule has 1 fully saturated rings. The Balaban J connectivity index is 2.12. The molecule has 0 aliphatic heterocycles. The predicted octanol–water partition coefficient (Wildman–Crippen LogP) is 3.01. The fraction of sp³-hybridized carbons (Fsp3) is 0.364. The Hall–Kier alpha value is -1.20. The van der Waals surface area contributed by atoms with E-state index in [-0.39, 0.29) is 5.97 Å². The van der Waals surface area contributed by atoms with Gasteiger partial charge in [-0.25, -0.2) is 14.8 Å². The monoisotopic (exact) mass is 268 g/mol. The van der Waals surface area contributed by atoms with Crippen LogP contribution in [0.2, 0.25) is 5.15 Å². The lowest BCUT2D eigenvalue weighted by molar-refractivity contribution is 0.0606. The second-order valence-electron chi connectivity index (χ2n) is 3.97. The Morgan fingerprint density at radius 3 is 2.94 bits per heavy atom. The second kappa shape index (κ2) is 3.92. The summed E-state index contributed by atoms with van der Waals surface area (Å²) in [6.07, 6.45) is 2.24. The average molecular weight is 269 g/mol. The number of halogens is 1. The molecule has 88 valence electrons. The molecule has 17 heavy (non-hydrogen) atoms. The van der Waals surface area contributed by atoms with Crippen LogP contribution in [0, 0.1) is 0 Å². The summed E-state index contributed by atoms with van der Waals surface area (Å²) in [6.45, 7) is 0. The summed E-state index contributed by atoms with van der Waals surface area (Å²) in [5, 5.41) is 0.453. The highest BCUT2D eigenvalue weighted by Gasteiger charge is 2.29. The van der Waals surface area contributed by atoms with Crippen LogP contribution in [0.25, 0.3) is 10.3 Å². The van der Waals surface area contributed by atoms with Crippen molar-refractivity contribution in [2.45, 2.75) is 18.8 Å². The molecular weight excluding hydrogens is 260 g/mol. The number of nitrogens with zero attached hydrogens (tertiary/aromatic N) is 2. The first kappa shape index (κ1) is 10.9. The second-order valence-corrected chi connectivity index (χ2v) is 5.36. The minimum absolute atomic E-state index is 0.362. The Bertz CT molecular complexity index is 607. The summed E-state index contributed by atoms with van der Waals surface area (Å²) in [4.78, 5) is 21.4. The van der Waals surface area contributed by atoms with Crippen LogP contribution in [0.1, 0.15) is 34.1 Å². The molecule has 3 rings (SSSR count). The van der Waals surface area contributed by atoms with E-state index in [0.29, 0.717) is 21.5 Å². The first-order valence-corrected chi connectivity index (χ1v) is 6.44. The van der Waals surface area contributed by atoms with Gasteiger partial charge < -0.3 is 4.74 Å². The van der Waals surface area contributed by atoms with Crippen molar-refractivity contribution in [1.82, 2.24) is 9.97 Å². The molecule has 2 aromatic heterocycles. The summed E-state index contributed by atoms with van der Waals surface area (Å²) in [5.41, 5.74) is 1.52. The SMILES string of the molecule is COC(=O)c1cc2nc(Cl)c(C3CC3)nc2s1. The Morgan fingerprint density at radius 1 is 1.53 bits per heavy atom. The molecule has 0 amide bonds. The number of fused-ring (bicyclic) bond motifs is 1. The molecule has 0 atom stereocenters. The molecule has 6 heteroatoms. The van der Waals surface area contributed by atoms with E-state index >= 15 is 0 Å². The van der Waals surface area contributed by atoms with Crippen LogP contribution in [-0.2, 0) is 4.74 Å². The first-order valence-electron chi connectivity index (χ1n) is 5.24. The van der Waals surface area contributed by atoms with Gasteiger partial charge in [-0.05, 0) is 18.9 Å². The third-order valence-electron chi connectivity index (χ3n) is 2.70. The van der Waals surface area contributed by atoms with Crippen LogP contribution in [0.4, 0.5) is 0 Å². The molecule has 2 aromatic rings. The van der Waals surface area contributed by atoms with Gasteiger partial charge in [-0.1, -0.05) is 11.6 Å². The lowest BCUT2D eigenvalue weighted by Crippen LogP contribution is -1.96. The highest BCUT2D eigenvalue weighted by Crippen LogP contribution is 2.42. The molecule has 2 heterocycles. The average Bonchev–Trinajstić information content (AvgIpc) is 3.08. The van der Waals surface area contributed by atoms with Crippen molar-refractivity contribution in [3.8, 4) is 0 Å². The first-order chi connectivity index (χ1) is 8.19. The van der Waals surface area contributed by atoms with Crippen LogP contribution in [-0.4, -0.2) is 23.0 Å².